The Morgan fingerprint density at radius 1 is 1.09 bits per heavy atom. The Kier molecular flexibility index (Phi) is 7.76. The number of carbonyl (C=O) groups excluding carboxylic acids is 2. The van der Waals surface area contributed by atoms with Crippen LogP contribution in [0.2, 0.25) is 18.1 Å². The van der Waals surface area contributed by atoms with Crippen molar-refractivity contribution in [2.24, 2.45) is 0 Å². The molecule has 0 aromatic rings. The van der Waals surface area contributed by atoms with Crippen molar-refractivity contribution in [2.45, 2.75) is 77.8 Å². The molecule has 0 aliphatic carbocycles. The highest BCUT2D eigenvalue weighted by Gasteiger charge is 2.39. The minimum absolute atomic E-state index is 0.00723. The van der Waals surface area contributed by atoms with Gasteiger partial charge in [-0.1, -0.05) is 20.8 Å². The van der Waals surface area contributed by atoms with Gasteiger partial charge >= 0.3 is 12.1 Å². The van der Waals surface area contributed by atoms with Crippen molar-refractivity contribution >= 4 is 20.4 Å². The highest BCUT2D eigenvalue weighted by atomic mass is 28.4. The van der Waals surface area contributed by atoms with Gasteiger partial charge in [0.25, 0.3) is 0 Å². The minimum atomic E-state index is -2.07. The maximum absolute atomic E-state index is 11.8. The van der Waals surface area contributed by atoms with Crippen molar-refractivity contribution in [1.29, 1.82) is 0 Å². The molecule has 7 heteroatoms. The van der Waals surface area contributed by atoms with E-state index in [4.69, 9.17) is 13.9 Å². The fourth-order valence-corrected chi connectivity index (χ4v) is 2.88. The van der Waals surface area contributed by atoms with E-state index in [-0.39, 0.29) is 24.0 Å². The molecule has 0 heterocycles. The molecule has 0 saturated carbocycles. The summed E-state index contributed by atoms with van der Waals surface area (Å²) < 4.78 is 16.2. The van der Waals surface area contributed by atoms with E-state index < -0.39 is 26.1 Å². The highest BCUT2D eigenvalue weighted by Crippen LogP contribution is 2.37. The number of amides is 1. The molecule has 0 fully saturated rings. The molecule has 6 nitrogen and oxygen atoms in total. The number of ether oxygens (including phenoxy) is 2. The summed E-state index contributed by atoms with van der Waals surface area (Å²) in [4.78, 5) is 23.4. The molecule has 136 valence electrons. The van der Waals surface area contributed by atoms with E-state index in [1.54, 1.807) is 20.8 Å². The maximum atomic E-state index is 11.8. The first-order valence-corrected chi connectivity index (χ1v) is 10.8. The van der Waals surface area contributed by atoms with Crippen LogP contribution in [0, 0.1) is 0 Å². The van der Waals surface area contributed by atoms with Gasteiger partial charge in [0, 0.05) is 6.54 Å². The third-order valence-corrected chi connectivity index (χ3v) is 8.30. The Morgan fingerprint density at radius 3 is 2.00 bits per heavy atom. The molecule has 0 aliphatic heterocycles. The second kappa shape index (κ2) is 8.15. The Balaban J connectivity index is 4.83. The first-order chi connectivity index (χ1) is 10.2. The second-order valence-corrected chi connectivity index (χ2v) is 12.9. The fraction of sp³-hybridized carbons (Fsp3) is 0.875. The van der Waals surface area contributed by atoms with Crippen molar-refractivity contribution in [3.8, 4) is 0 Å². The number of methoxy groups -OCH3 is 1. The summed E-state index contributed by atoms with van der Waals surface area (Å²) in [5, 5.41) is 2.68. The van der Waals surface area contributed by atoms with Gasteiger partial charge in [0.1, 0.15) is 5.60 Å². The Labute approximate surface area is 141 Å². The number of hydrogen-bond donors (Lipinski definition) is 1. The summed E-state index contributed by atoms with van der Waals surface area (Å²) in [6.07, 6.45) is -0.860. The SMILES string of the molecule is COC(=O)CC(CNC(=O)OC(C)(C)C)O[Si](C)(C)C(C)(C)C. The van der Waals surface area contributed by atoms with Gasteiger partial charge in [-0.2, -0.15) is 0 Å². The molecule has 0 aromatic heterocycles. The van der Waals surface area contributed by atoms with Crippen LogP contribution < -0.4 is 5.32 Å². The van der Waals surface area contributed by atoms with Crippen LogP contribution in [0.25, 0.3) is 0 Å². The van der Waals surface area contributed by atoms with Gasteiger partial charge in [-0.05, 0) is 38.9 Å². The van der Waals surface area contributed by atoms with E-state index in [2.05, 4.69) is 39.2 Å². The van der Waals surface area contributed by atoms with Crippen molar-refractivity contribution in [3.63, 3.8) is 0 Å². The van der Waals surface area contributed by atoms with Gasteiger partial charge in [-0.3, -0.25) is 4.79 Å². The van der Waals surface area contributed by atoms with Crippen molar-refractivity contribution in [2.75, 3.05) is 13.7 Å². The predicted octanol–water partition coefficient (Wildman–Crippen LogP) is 3.46. The Hall–Kier alpha value is -1.08. The van der Waals surface area contributed by atoms with Gasteiger partial charge in [-0.25, -0.2) is 4.79 Å². The summed E-state index contributed by atoms with van der Waals surface area (Å²) in [5.41, 5.74) is -0.567. The zero-order valence-corrected chi connectivity index (χ0v) is 17.0. The summed E-state index contributed by atoms with van der Waals surface area (Å²) in [7, 11) is -0.726. The third kappa shape index (κ3) is 8.95. The largest absolute Gasteiger partial charge is 0.469 e. The van der Waals surface area contributed by atoms with Gasteiger partial charge in [0.05, 0.1) is 19.6 Å². The first-order valence-electron chi connectivity index (χ1n) is 7.89. The van der Waals surface area contributed by atoms with Crippen LogP contribution in [-0.2, 0) is 18.7 Å². The summed E-state index contributed by atoms with van der Waals surface area (Å²) in [6.45, 7) is 16.2. The smallest absolute Gasteiger partial charge is 0.407 e. The van der Waals surface area contributed by atoms with Crippen LogP contribution in [0.15, 0.2) is 0 Å². The number of nitrogens with one attached hydrogen (secondary N) is 1. The number of esters is 1. The predicted molar refractivity (Wildman–Crippen MR) is 92.9 cm³/mol. The molecule has 1 N–H and O–H groups in total. The molecular formula is C16H33NO5Si. The average molecular weight is 348 g/mol. The summed E-state index contributed by atoms with van der Waals surface area (Å²) in [6, 6.07) is 0. The molecule has 1 amide bonds. The maximum Gasteiger partial charge on any atom is 0.407 e. The molecule has 0 spiro atoms. The average Bonchev–Trinajstić information content (AvgIpc) is 2.31. The lowest BCUT2D eigenvalue weighted by atomic mass is 10.2. The monoisotopic (exact) mass is 347 g/mol. The van der Waals surface area contributed by atoms with E-state index in [0.717, 1.165) is 0 Å². The molecular weight excluding hydrogens is 314 g/mol. The van der Waals surface area contributed by atoms with E-state index in [1.807, 2.05) is 0 Å². The van der Waals surface area contributed by atoms with Crippen LogP contribution in [0.4, 0.5) is 4.79 Å². The van der Waals surface area contributed by atoms with Crippen LogP contribution in [0.1, 0.15) is 48.0 Å². The van der Waals surface area contributed by atoms with Crippen LogP contribution in [0.3, 0.4) is 0 Å². The van der Waals surface area contributed by atoms with E-state index in [0.29, 0.717) is 0 Å². The van der Waals surface area contributed by atoms with Gasteiger partial charge < -0.3 is 19.2 Å². The minimum Gasteiger partial charge on any atom is -0.469 e. The molecule has 23 heavy (non-hydrogen) atoms. The van der Waals surface area contributed by atoms with Crippen molar-refractivity contribution in [3.05, 3.63) is 0 Å². The van der Waals surface area contributed by atoms with E-state index >= 15 is 0 Å². The Bertz CT molecular complexity index is 410. The fourth-order valence-electron chi connectivity index (χ4n) is 1.53. The molecule has 0 aliphatic rings. The third-order valence-electron chi connectivity index (χ3n) is 3.76. The molecule has 1 unspecified atom stereocenters. The molecule has 1 atom stereocenters. The van der Waals surface area contributed by atoms with Crippen molar-refractivity contribution in [1.82, 2.24) is 5.32 Å². The first kappa shape index (κ1) is 21.9. The van der Waals surface area contributed by atoms with Crippen LogP contribution >= 0.6 is 0 Å². The van der Waals surface area contributed by atoms with E-state index in [1.165, 1.54) is 7.11 Å². The normalized spacial score (nSPS) is 14.1. The number of rotatable bonds is 6. The lowest BCUT2D eigenvalue weighted by Gasteiger charge is -2.39. The second-order valence-electron chi connectivity index (χ2n) is 8.16. The quantitative estimate of drug-likeness (QED) is 0.588. The standard InChI is InChI=1S/C16H33NO5Si/c1-15(2,3)21-14(19)17-11-12(10-13(18)20-7)22-23(8,9)16(4,5)6/h12H,10-11H2,1-9H3,(H,17,19). The molecule has 0 saturated heterocycles. The lowest BCUT2D eigenvalue weighted by Crippen LogP contribution is -2.48. The van der Waals surface area contributed by atoms with Gasteiger partial charge in [0.15, 0.2) is 8.32 Å². The molecule has 0 aromatic carbocycles. The van der Waals surface area contributed by atoms with Crippen LogP contribution in [0.5, 0.6) is 0 Å². The summed E-state index contributed by atoms with van der Waals surface area (Å²) >= 11 is 0. The van der Waals surface area contributed by atoms with Crippen molar-refractivity contribution < 1.29 is 23.5 Å². The highest BCUT2D eigenvalue weighted by molar-refractivity contribution is 6.74. The summed E-state index contributed by atoms with van der Waals surface area (Å²) in [5.74, 6) is -0.361. The van der Waals surface area contributed by atoms with Crippen LogP contribution in [-0.4, -0.2) is 45.7 Å². The molecule has 0 radical (unpaired) electrons. The zero-order valence-electron chi connectivity index (χ0n) is 16.0. The number of carbonyl (C=O) groups is 2. The van der Waals surface area contributed by atoms with E-state index in [9.17, 15) is 9.59 Å². The zero-order chi connectivity index (χ0) is 18.5. The molecule has 0 bridgehead atoms. The topological polar surface area (TPSA) is 73.9 Å². The van der Waals surface area contributed by atoms with Gasteiger partial charge in [-0.15, -0.1) is 0 Å². The molecule has 0 rings (SSSR count). The van der Waals surface area contributed by atoms with Gasteiger partial charge in [0.2, 0.25) is 0 Å². The number of hydrogen-bond acceptors (Lipinski definition) is 5. The number of alkyl carbamates (subject to hydrolysis) is 1. The Morgan fingerprint density at radius 2 is 1.61 bits per heavy atom. The lowest BCUT2D eigenvalue weighted by molar-refractivity contribution is -0.142.